The molecule has 192 valence electrons. The number of carbonyl (C=O) groups excluding carboxylic acids is 3. The third kappa shape index (κ3) is 8.32. The number of halogens is 1. The Morgan fingerprint density at radius 3 is 2.40 bits per heavy atom. The Labute approximate surface area is 214 Å². The molecule has 1 aliphatic rings. The normalized spacial score (nSPS) is 19.8. The molecule has 0 bridgehead atoms. The molecule has 3 amide bonds. The Morgan fingerprint density at radius 2 is 1.83 bits per heavy atom. The molecule has 0 saturated heterocycles. The minimum Gasteiger partial charge on any atom is -0.444 e. The molecule has 0 radical (unpaired) electrons. The number of alkyl carbamates (subject to hydrolysis) is 1. The number of nitrogens with one attached hydrogen (secondary N) is 3. The molecule has 1 fully saturated rings. The van der Waals surface area contributed by atoms with E-state index in [0.717, 1.165) is 6.07 Å². The van der Waals surface area contributed by atoms with Crippen LogP contribution in [0.1, 0.15) is 40.0 Å². The van der Waals surface area contributed by atoms with Gasteiger partial charge in [-0.1, -0.05) is 23.8 Å². The summed E-state index contributed by atoms with van der Waals surface area (Å²) in [5.41, 5.74) is -0.912. The largest absolute Gasteiger partial charge is 0.444 e. The first-order valence-corrected chi connectivity index (χ1v) is 11.7. The Balaban J connectivity index is 2.12. The first-order valence-electron chi connectivity index (χ1n) is 10.9. The van der Waals surface area contributed by atoms with E-state index in [1.807, 2.05) is 0 Å². The van der Waals surface area contributed by atoms with Crippen molar-refractivity contribution in [2.24, 2.45) is 5.92 Å². The molecule has 0 heterocycles. The molecular formula is C22H30ClN5O6S. The topological polar surface area (TPSA) is 143 Å². The molecule has 3 atom stereocenters. The lowest BCUT2D eigenvalue weighted by atomic mass is 9.81. The Bertz CT molecular complexity index is 1010. The maximum Gasteiger partial charge on any atom is 0.407 e. The summed E-state index contributed by atoms with van der Waals surface area (Å²) in [5, 5.41) is 19.3. The van der Waals surface area contributed by atoms with Gasteiger partial charge in [-0.3, -0.25) is 19.7 Å². The lowest BCUT2D eigenvalue weighted by molar-refractivity contribution is -0.384. The molecular weight excluding hydrogens is 498 g/mol. The zero-order valence-electron chi connectivity index (χ0n) is 20.2. The number of ether oxygens (including phenoxy) is 1. The van der Waals surface area contributed by atoms with Crippen LogP contribution >= 0.6 is 23.8 Å². The molecule has 2 rings (SSSR count). The molecule has 0 aromatic heterocycles. The predicted octanol–water partition coefficient (Wildman–Crippen LogP) is 3.25. The van der Waals surface area contributed by atoms with E-state index >= 15 is 0 Å². The number of nitro groups is 1. The van der Waals surface area contributed by atoms with E-state index in [0.29, 0.717) is 19.3 Å². The smallest absolute Gasteiger partial charge is 0.407 e. The van der Waals surface area contributed by atoms with Gasteiger partial charge in [0.05, 0.1) is 11.0 Å². The van der Waals surface area contributed by atoms with Gasteiger partial charge in [-0.15, -0.1) is 0 Å². The number of rotatable bonds is 5. The predicted molar refractivity (Wildman–Crippen MR) is 135 cm³/mol. The second-order valence-corrected chi connectivity index (χ2v) is 10.3. The molecule has 1 aromatic rings. The fourth-order valence-electron chi connectivity index (χ4n) is 3.70. The molecule has 0 aliphatic heterocycles. The number of nitro benzene ring substituents is 1. The summed E-state index contributed by atoms with van der Waals surface area (Å²) in [4.78, 5) is 49.3. The van der Waals surface area contributed by atoms with Gasteiger partial charge in [-0.2, -0.15) is 0 Å². The van der Waals surface area contributed by atoms with Gasteiger partial charge in [-0.25, -0.2) is 4.79 Å². The number of nitrogens with zero attached hydrogens (tertiary/aromatic N) is 2. The van der Waals surface area contributed by atoms with Crippen molar-refractivity contribution in [3.8, 4) is 0 Å². The SMILES string of the molecule is CN(C)C(=O)C1CC[C@H](NC(=S)C(=O)Nc2ccc(Cl)c([N+](=O)[O-])c2)[C@H](NC(=O)OC(C)(C)C)C1. The summed E-state index contributed by atoms with van der Waals surface area (Å²) in [6, 6.07) is 2.88. The zero-order valence-corrected chi connectivity index (χ0v) is 21.8. The minimum absolute atomic E-state index is 0.0518. The Hall–Kier alpha value is -2.99. The van der Waals surface area contributed by atoms with Crippen molar-refractivity contribution < 1.29 is 24.0 Å². The average molecular weight is 528 g/mol. The molecule has 1 saturated carbocycles. The van der Waals surface area contributed by atoms with Crippen molar-refractivity contribution in [1.29, 1.82) is 0 Å². The van der Waals surface area contributed by atoms with Gasteiger partial charge in [-0.05, 0) is 52.2 Å². The Kier molecular flexibility index (Phi) is 9.38. The second kappa shape index (κ2) is 11.6. The van der Waals surface area contributed by atoms with E-state index in [1.165, 1.54) is 17.0 Å². The molecule has 1 aliphatic carbocycles. The highest BCUT2D eigenvalue weighted by Crippen LogP contribution is 2.28. The van der Waals surface area contributed by atoms with Crippen molar-refractivity contribution in [3.05, 3.63) is 33.3 Å². The third-order valence-electron chi connectivity index (χ3n) is 5.27. The van der Waals surface area contributed by atoms with E-state index < -0.39 is 34.6 Å². The maximum atomic E-state index is 12.6. The van der Waals surface area contributed by atoms with Crippen molar-refractivity contribution >= 4 is 58.1 Å². The number of thiocarbonyl (C=S) groups is 1. The van der Waals surface area contributed by atoms with Gasteiger partial charge in [0.2, 0.25) is 5.91 Å². The summed E-state index contributed by atoms with van der Waals surface area (Å²) in [7, 11) is 3.34. The van der Waals surface area contributed by atoms with Crippen molar-refractivity contribution in [2.45, 2.75) is 57.7 Å². The fraction of sp³-hybridized carbons (Fsp3) is 0.545. The number of carbonyl (C=O) groups is 3. The maximum absolute atomic E-state index is 12.6. The van der Waals surface area contributed by atoms with Crippen LogP contribution in [0, 0.1) is 16.0 Å². The van der Waals surface area contributed by atoms with E-state index in [4.69, 9.17) is 28.6 Å². The summed E-state index contributed by atoms with van der Waals surface area (Å²) in [6.45, 7) is 5.21. The van der Waals surface area contributed by atoms with Gasteiger partial charge in [0, 0.05) is 37.8 Å². The quantitative estimate of drug-likeness (QED) is 0.301. The molecule has 1 aromatic carbocycles. The third-order valence-corrected chi connectivity index (χ3v) is 5.89. The van der Waals surface area contributed by atoms with Crippen LogP contribution in [-0.2, 0) is 14.3 Å². The van der Waals surface area contributed by atoms with Crippen LogP contribution in [0.5, 0.6) is 0 Å². The minimum atomic E-state index is -0.711. The van der Waals surface area contributed by atoms with Gasteiger partial charge < -0.3 is 25.6 Å². The molecule has 11 nitrogen and oxygen atoms in total. The van der Waals surface area contributed by atoms with Gasteiger partial charge in [0.15, 0.2) is 4.99 Å². The monoisotopic (exact) mass is 527 g/mol. The number of hydrogen-bond donors (Lipinski definition) is 3. The van der Waals surface area contributed by atoms with Gasteiger partial charge >= 0.3 is 6.09 Å². The van der Waals surface area contributed by atoms with E-state index in [9.17, 15) is 24.5 Å². The van der Waals surface area contributed by atoms with Crippen molar-refractivity contribution in [1.82, 2.24) is 15.5 Å². The zero-order chi connectivity index (χ0) is 26.5. The lowest BCUT2D eigenvalue weighted by Crippen LogP contribution is -2.57. The van der Waals surface area contributed by atoms with Crippen molar-refractivity contribution in [2.75, 3.05) is 19.4 Å². The van der Waals surface area contributed by atoms with Gasteiger partial charge in [0.25, 0.3) is 11.6 Å². The highest BCUT2D eigenvalue weighted by atomic mass is 35.5. The van der Waals surface area contributed by atoms with Crippen molar-refractivity contribution in [3.63, 3.8) is 0 Å². The lowest BCUT2D eigenvalue weighted by Gasteiger charge is -2.37. The summed E-state index contributed by atoms with van der Waals surface area (Å²) in [5.74, 6) is -1.04. The van der Waals surface area contributed by atoms with E-state index in [1.54, 1.807) is 34.9 Å². The van der Waals surface area contributed by atoms with E-state index in [-0.39, 0.29) is 33.2 Å². The first-order chi connectivity index (χ1) is 16.2. The Morgan fingerprint density at radius 1 is 1.17 bits per heavy atom. The van der Waals surface area contributed by atoms with Crippen LogP contribution in [0.4, 0.5) is 16.2 Å². The average Bonchev–Trinajstić information content (AvgIpc) is 2.73. The summed E-state index contributed by atoms with van der Waals surface area (Å²) < 4.78 is 5.35. The number of hydrogen-bond acceptors (Lipinski definition) is 7. The number of amides is 3. The standard InChI is InChI=1S/C22H30ClN5O6S/c1-22(2,3)34-21(31)26-16-10-12(20(30)27(4)5)6-9-15(16)25-19(35)18(29)24-13-7-8-14(23)17(11-13)28(32)33/h7-8,11-12,15-16H,6,9-10H2,1-5H3,(H,24,29)(H,25,35)(H,26,31)/t12?,15-,16+/m0/s1. The summed E-state index contributed by atoms with van der Waals surface area (Å²) >= 11 is 11.0. The molecule has 35 heavy (non-hydrogen) atoms. The van der Waals surface area contributed by atoms with Crippen LogP contribution in [0.3, 0.4) is 0 Å². The molecule has 1 unspecified atom stereocenters. The first kappa shape index (κ1) is 28.2. The van der Waals surface area contributed by atoms with Crippen LogP contribution in [-0.4, -0.2) is 64.5 Å². The highest BCUT2D eigenvalue weighted by molar-refractivity contribution is 7.82. The number of benzene rings is 1. The highest BCUT2D eigenvalue weighted by Gasteiger charge is 2.37. The second-order valence-electron chi connectivity index (χ2n) is 9.45. The molecule has 3 N–H and O–H groups in total. The summed E-state index contributed by atoms with van der Waals surface area (Å²) in [6.07, 6.45) is 0.692. The van der Waals surface area contributed by atoms with Gasteiger partial charge in [0.1, 0.15) is 10.6 Å². The van der Waals surface area contributed by atoms with Crippen LogP contribution in [0.15, 0.2) is 18.2 Å². The number of anilines is 1. The van der Waals surface area contributed by atoms with Crippen LogP contribution in [0.25, 0.3) is 0 Å². The fourth-order valence-corrected chi connectivity index (χ4v) is 4.09. The van der Waals surface area contributed by atoms with Crippen LogP contribution in [0.2, 0.25) is 5.02 Å². The van der Waals surface area contributed by atoms with Crippen LogP contribution < -0.4 is 16.0 Å². The van der Waals surface area contributed by atoms with E-state index in [2.05, 4.69) is 16.0 Å². The molecule has 0 spiro atoms. The molecule has 13 heteroatoms.